The second-order valence-corrected chi connectivity index (χ2v) is 9.13. The summed E-state index contributed by atoms with van der Waals surface area (Å²) < 4.78 is 35.7. The van der Waals surface area contributed by atoms with Gasteiger partial charge in [-0.2, -0.15) is 0 Å². The molecule has 2 heterocycles. The summed E-state index contributed by atoms with van der Waals surface area (Å²) in [4.78, 5) is 3.85. The third kappa shape index (κ3) is 3.02. The smallest absolute Gasteiger partial charge is 0.181 e. The maximum absolute atomic E-state index is 12.4. The Labute approximate surface area is 164 Å². The van der Waals surface area contributed by atoms with Crippen LogP contribution in [-0.4, -0.2) is 51.3 Å². The molecule has 0 N–H and O–H groups in total. The van der Waals surface area contributed by atoms with Crippen molar-refractivity contribution in [1.82, 2.24) is 0 Å². The van der Waals surface area contributed by atoms with Gasteiger partial charge in [0.25, 0.3) is 0 Å². The molecule has 2 unspecified atom stereocenters. The Balaban J connectivity index is 1.85. The number of hydrogen-bond acceptors (Lipinski definition) is 5. The van der Waals surface area contributed by atoms with Crippen LogP contribution in [0.1, 0.15) is 0 Å². The predicted molar refractivity (Wildman–Crippen MR) is 110 cm³/mol. The predicted octanol–water partition coefficient (Wildman–Crippen LogP) is 2.48. The van der Waals surface area contributed by atoms with Crippen molar-refractivity contribution in [3.63, 3.8) is 0 Å². The average molecular weight is 405 g/mol. The number of rotatable bonds is 4. The molecule has 0 aliphatic carbocycles. The number of ether oxygens (including phenoxy) is 2. The molecule has 2 saturated heterocycles. The summed E-state index contributed by atoms with van der Waals surface area (Å²) in [6.45, 7) is 0. The maximum atomic E-state index is 12.4. The first-order valence-electron chi connectivity index (χ1n) is 8.55. The molecule has 142 valence electrons. The maximum Gasteiger partial charge on any atom is 0.181 e. The average Bonchev–Trinajstić information content (AvgIpc) is 3.10. The summed E-state index contributed by atoms with van der Waals surface area (Å²) in [7, 11) is 0.0148. The number of anilines is 2. The minimum atomic E-state index is -3.16. The van der Waals surface area contributed by atoms with Gasteiger partial charge in [0.05, 0.1) is 43.5 Å². The van der Waals surface area contributed by atoms with Crippen LogP contribution in [0.15, 0.2) is 48.5 Å². The van der Waals surface area contributed by atoms with E-state index < -0.39 is 9.84 Å². The summed E-state index contributed by atoms with van der Waals surface area (Å²) in [5.41, 5.74) is 1.60. The van der Waals surface area contributed by atoms with Gasteiger partial charge in [-0.05, 0) is 36.5 Å². The first-order chi connectivity index (χ1) is 12.9. The van der Waals surface area contributed by atoms with Crippen LogP contribution in [0.5, 0.6) is 11.5 Å². The number of hydrogen-bond donors (Lipinski definition) is 0. The van der Waals surface area contributed by atoms with Gasteiger partial charge in [0.1, 0.15) is 11.5 Å². The SMILES string of the molecule is COc1ccc(OC)c(N2C(=S)N(c3ccccc3)C3CS(=O)(=O)CC32)c1. The molecule has 0 amide bonds. The number of nitrogens with zero attached hydrogens (tertiary/aromatic N) is 2. The third-order valence-corrected chi connectivity index (χ3v) is 7.14. The Hall–Kier alpha value is -2.32. The topological polar surface area (TPSA) is 59.1 Å². The summed E-state index contributed by atoms with van der Waals surface area (Å²) in [5.74, 6) is 1.41. The Morgan fingerprint density at radius 2 is 1.63 bits per heavy atom. The van der Waals surface area contributed by atoms with E-state index in [4.69, 9.17) is 21.7 Å². The molecule has 2 aliphatic heterocycles. The van der Waals surface area contributed by atoms with Crippen LogP contribution < -0.4 is 19.3 Å². The quantitative estimate of drug-likeness (QED) is 0.726. The fourth-order valence-electron chi connectivity index (χ4n) is 3.86. The van der Waals surface area contributed by atoms with Gasteiger partial charge in [0, 0.05) is 11.8 Å². The first-order valence-corrected chi connectivity index (χ1v) is 10.8. The monoisotopic (exact) mass is 404 g/mol. The van der Waals surface area contributed by atoms with Crippen LogP contribution in [0.25, 0.3) is 0 Å². The van der Waals surface area contributed by atoms with Crippen molar-refractivity contribution in [1.29, 1.82) is 0 Å². The van der Waals surface area contributed by atoms with E-state index in [0.29, 0.717) is 22.3 Å². The summed E-state index contributed by atoms with van der Waals surface area (Å²) in [5, 5.41) is 0.567. The molecule has 0 aromatic heterocycles. The van der Waals surface area contributed by atoms with Crippen LogP contribution in [0.3, 0.4) is 0 Å². The van der Waals surface area contributed by atoms with Crippen molar-refractivity contribution in [3.8, 4) is 11.5 Å². The molecule has 2 aliphatic rings. The van der Waals surface area contributed by atoms with Gasteiger partial charge < -0.3 is 19.3 Å². The molecule has 4 rings (SSSR count). The van der Waals surface area contributed by atoms with Gasteiger partial charge in [0.2, 0.25) is 0 Å². The fraction of sp³-hybridized carbons (Fsp3) is 0.316. The van der Waals surface area contributed by atoms with Crippen molar-refractivity contribution < 1.29 is 17.9 Å². The second kappa shape index (κ2) is 6.69. The third-order valence-electron chi connectivity index (χ3n) is 5.05. The van der Waals surface area contributed by atoms with Crippen molar-refractivity contribution in [2.75, 3.05) is 35.5 Å². The lowest BCUT2D eigenvalue weighted by Gasteiger charge is -2.27. The highest BCUT2D eigenvalue weighted by molar-refractivity contribution is 7.91. The van der Waals surface area contributed by atoms with Gasteiger partial charge in [-0.1, -0.05) is 18.2 Å². The molecule has 8 heteroatoms. The highest BCUT2D eigenvalue weighted by atomic mass is 32.2. The highest BCUT2D eigenvalue weighted by Crippen LogP contribution is 2.42. The van der Waals surface area contributed by atoms with Crippen molar-refractivity contribution >= 4 is 38.5 Å². The lowest BCUT2D eigenvalue weighted by atomic mass is 10.1. The van der Waals surface area contributed by atoms with Crippen LogP contribution in [-0.2, 0) is 9.84 Å². The molecular formula is C19H20N2O4S2. The molecule has 0 saturated carbocycles. The molecule has 2 aromatic carbocycles. The van der Waals surface area contributed by atoms with E-state index in [1.165, 1.54) is 0 Å². The van der Waals surface area contributed by atoms with Gasteiger partial charge in [-0.25, -0.2) is 8.42 Å². The van der Waals surface area contributed by atoms with Gasteiger partial charge in [-0.15, -0.1) is 0 Å². The van der Waals surface area contributed by atoms with E-state index in [1.54, 1.807) is 26.4 Å². The number of sulfone groups is 1. The summed E-state index contributed by atoms with van der Waals surface area (Å²) >= 11 is 5.80. The first kappa shape index (κ1) is 18.1. The standard InChI is InChI=1S/C19H20N2O4S2/c1-24-14-8-9-18(25-2)15(10-14)21-17-12-27(22,23)11-16(17)20(19(21)26)13-6-4-3-5-7-13/h3-10,16-17H,11-12H2,1-2H3. The summed E-state index contributed by atoms with van der Waals surface area (Å²) in [6, 6.07) is 14.6. The van der Waals surface area contributed by atoms with Gasteiger partial charge >= 0.3 is 0 Å². The number of fused-ring (bicyclic) bond motifs is 1. The van der Waals surface area contributed by atoms with E-state index in [2.05, 4.69) is 0 Å². The molecule has 0 spiro atoms. The van der Waals surface area contributed by atoms with Crippen molar-refractivity contribution in [2.24, 2.45) is 0 Å². The van der Waals surface area contributed by atoms with Crippen LogP contribution in [0.4, 0.5) is 11.4 Å². The number of methoxy groups -OCH3 is 2. The van der Waals surface area contributed by atoms with E-state index in [1.807, 2.05) is 46.2 Å². The molecule has 0 bridgehead atoms. The van der Waals surface area contributed by atoms with Crippen LogP contribution in [0.2, 0.25) is 0 Å². The lowest BCUT2D eigenvalue weighted by molar-refractivity contribution is 0.403. The Bertz CT molecular complexity index is 978. The van der Waals surface area contributed by atoms with Crippen molar-refractivity contribution in [3.05, 3.63) is 48.5 Å². The Kier molecular flexibility index (Phi) is 4.47. The summed E-state index contributed by atoms with van der Waals surface area (Å²) in [6.07, 6.45) is 0. The van der Waals surface area contributed by atoms with Crippen LogP contribution >= 0.6 is 12.2 Å². The van der Waals surface area contributed by atoms with E-state index in [9.17, 15) is 8.42 Å². The number of benzene rings is 2. The second-order valence-electron chi connectivity index (χ2n) is 6.61. The van der Waals surface area contributed by atoms with Crippen molar-refractivity contribution in [2.45, 2.75) is 12.1 Å². The number of para-hydroxylation sites is 1. The van der Waals surface area contributed by atoms with Gasteiger partial charge in [-0.3, -0.25) is 0 Å². The molecule has 27 heavy (non-hydrogen) atoms. The van der Waals surface area contributed by atoms with Gasteiger partial charge in [0.15, 0.2) is 14.9 Å². The zero-order valence-electron chi connectivity index (χ0n) is 15.0. The molecular weight excluding hydrogens is 384 g/mol. The molecule has 2 fully saturated rings. The zero-order valence-corrected chi connectivity index (χ0v) is 16.7. The molecule has 0 radical (unpaired) electrons. The molecule has 6 nitrogen and oxygen atoms in total. The van der Waals surface area contributed by atoms with E-state index in [0.717, 1.165) is 5.69 Å². The minimum Gasteiger partial charge on any atom is -0.497 e. The Morgan fingerprint density at radius 3 is 2.26 bits per heavy atom. The fourth-order valence-corrected chi connectivity index (χ4v) is 6.25. The zero-order chi connectivity index (χ0) is 19.2. The largest absolute Gasteiger partial charge is 0.497 e. The molecule has 2 aromatic rings. The normalized spacial score (nSPS) is 23.4. The van der Waals surface area contributed by atoms with E-state index in [-0.39, 0.29) is 23.6 Å². The lowest BCUT2D eigenvalue weighted by Crippen LogP contribution is -2.37. The number of thiocarbonyl (C=S) groups is 1. The Morgan fingerprint density at radius 1 is 0.963 bits per heavy atom. The highest BCUT2D eigenvalue weighted by Gasteiger charge is 2.53. The minimum absolute atomic E-state index is 0.0570. The molecule has 2 atom stereocenters. The van der Waals surface area contributed by atoms with E-state index >= 15 is 0 Å². The van der Waals surface area contributed by atoms with Crippen LogP contribution in [0, 0.1) is 0 Å².